The van der Waals surface area contributed by atoms with Crippen LogP contribution in [0.15, 0.2) is 0 Å². The van der Waals surface area contributed by atoms with Crippen LogP contribution >= 0.6 is 0 Å². The summed E-state index contributed by atoms with van der Waals surface area (Å²) in [7, 11) is -3.27. The summed E-state index contributed by atoms with van der Waals surface area (Å²) in [6.45, 7) is 0.965. The van der Waals surface area contributed by atoms with E-state index in [9.17, 15) is 18.0 Å². The molecule has 2 N–H and O–H groups in total. The SMILES string of the molecule is CS(=O)(=O)NC1CCCN(C(=O)CCCC(=O)O)C1. The number of amides is 1. The van der Waals surface area contributed by atoms with E-state index in [0.717, 1.165) is 12.7 Å². The highest BCUT2D eigenvalue weighted by Gasteiger charge is 2.25. The number of aliphatic carboxylic acids is 1. The average Bonchev–Trinajstić information content (AvgIpc) is 2.26. The molecular formula is C11H20N2O5S. The quantitative estimate of drug-likeness (QED) is 0.704. The molecule has 1 saturated heterocycles. The minimum absolute atomic E-state index is 0.0232. The molecule has 1 rings (SSSR count). The lowest BCUT2D eigenvalue weighted by molar-refractivity contribution is -0.137. The molecule has 1 aliphatic rings. The summed E-state index contributed by atoms with van der Waals surface area (Å²) in [5.74, 6) is -1.02. The number of likely N-dealkylation sites (tertiary alicyclic amines) is 1. The average molecular weight is 292 g/mol. The Labute approximate surface area is 113 Å². The van der Waals surface area contributed by atoms with Gasteiger partial charge in [-0.2, -0.15) is 0 Å². The maximum atomic E-state index is 11.8. The number of piperidine rings is 1. The second-order valence-electron chi connectivity index (χ2n) is 4.82. The molecule has 0 aromatic rings. The van der Waals surface area contributed by atoms with E-state index in [0.29, 0.717) is 25.9 Å². The molecule has 8 heteroatoms. The largest absolute Gasteiger partial charge is 0.481 e. The van der Waals surface area contributed by atoms with Crippen LogP contribution in [0.1, 0.15) is 32.1 Å². The molecule has 1 atom stereocenters. The number of hydrogen-bond acceptors (Lipinski definition) is 4. The van der Waals surface area contributed by atoms with Crippen LogP contribution in [0.4, 0.5) is 0 Å². The van der Waals surface area contributed by atoms with E-state index in [-0.39, 0.29) is 24.8 Å². The van der Waals surface area contributed by atoms with Gasteiger partial charge in [-0.1, -0.05) is 0 Å². The third-order valence-electron chi connectivity index (χ3n) is 2.94. The summed E-state index contributed by atoms with van der Waals surface area (Å²) < 4.78 is 24.8. The van der Waals surface area contributed by atoms with E-state index in [1.807, 2.05) is 0 Å². The molecule has 0 aliphatic carbocycles. The van der Waals surface area contributed by atoms with Gasteiger partial charge in [-0.25, -0.2) is 13.1 Å². The second kappa shape index (κ2) is 6.85. The number of sulfonamides is 1. The first-order chi connectivity index (χ1) is 8.78. The Morgan fingerprint density at radius 1 is 1.37 bits per heavy atom. The highest BCUT2D eigenvalue weighted by atomic mass is 32.2. The van der Waals surface area contributed by atoms with Crippen molar-refractivity contribution in [3.05, 3.63) is 0 Å². The van der Waals surface area contributed by atoms with Gasteiger partial charge in [0.1, 0.15) is 0 Å². The Hall–Kier alpha value is -1.15. The van der Waals surface area contributed by atoms with Crippen molar-refractivity contribution in [1.29, 1.82) is 0 Å². The van der Waals surface area contributed by atoms with Gasteiger partial charge in [-0.3, -0.25) is 9.59 Å². The Balaban J connectivity index is 2.41. The van der Waals surface area contributed by atoms with Crippen LogP contribution in [-0.4, -0.2) is 55.7 Å². The molecule has 0 saturated carbocycles. The van der Waals surface area contributed by atoms with Gasteiger partial charge in [0, 0.05) is 32.0 Å². The van der Waals surface area contributed by atoms with Crippen molar-refractivity contribution in [1.82, 2.24) is 9.62 Å². The zero-order valence-corrected chi connectivity index (χ0v) is 11.8. The molecule has 7 nitrogen and oxygen atoms in total. The van der Waals surface area contributed by atoms with Crippen LogP contribution in [0.2, 0.25) is 0 Å². The van der Waals surface area contributed by atoms with Crippen molar-refractivity contribution in [2.75, 3.05) is 19.3 Å². The summed E-state index contributed by atoms with van der Waals surface area (Å²) in [6.07, 6.45) is 3.04. The molecule has 0 aromatic heterocycles. The van der Waals surface area contributed by atoms with Gasteiger partial charge in [0.2, 0.25) is 15.9 Å². The molecule has 0 bridgehead atoms. The van der Waals surface area contributed by atoms with E-state index in [2.05, 4.69) is 4.72 Å². The Morgan fingerprint density at radius 3 is 2.63 bits per heavy atom. The summed E-state index contributed by atoms with van der Waals surface area (Å²) in [5, 5.41) is 8.50. The number of carboxylic acid groups (broad SMARTS) is 1. The molecule has 110 valence electrons. The molecule has 1 unspecified atom stereocenters. The molecule has 19 heavy (non-hydrogen) atoms. The van der Waals surface area contributed by atoms with Crippen molar-refractivity contribution in [2.45, 2.75) is 38.1 Å². The van der Waals surface area contributed by atoms with Gasteiger partial charge in [0.15, 0.2) is 0 Å². The van der Waals surface area contributed by atoms with Crippen molar-refractivity contribution in [3.8, 4) is 0 Å². The number of carboxylic acids is 1. The highest BCUT2D eigenvalue weighted by Crippen LogP contribution is 2.13. The number of rotatable bonds is 6. The van der Waals surface area contributed by atoms with Gasteiger partial charge >= 0.3 is 5.97 Å². The van der Waals surface area contributed by atoms with E-state index in [1.54, 1.807) is 4.90 Å². The number of nitrogens with zero attached hydrogens (tertiary/aromatic N) is 1. The fraction of sp³-hybridized carbons (Fsp3) is 0.818. The van der Waals surface area contributed by atoms with E-state index in [1.165, 1.54) is 0 Å². The third-order valence-corrected chi connectivity index (χ3v) is 3.70. The number of hydrogen-bond donors (Lipinski definition) is 2. The smallest absolute Gasteiger partial charge is 0.303 e. The van der Waals surface area contributed by atoms with Crippen LogP contribution in [-0.2, 0) is 19.6 Å². The predicted molar refractivity (Wildman–Crippen MR) is 69.1 cm³/mol. The maximum Gasteiger partial charge on any atom is 0.303 e. The van der Waals surface area contributed by atoms with Crippen molar-refractivity contribution in [3.63, 3.8) is 0 Å². The van der Waals surface area contributed by atoms with E-state index in [4.69, 9.17) is 5.11 Å². The van der Waals surface area contributed by atoms with Crippen LogP contribution < -0.4 is 4.72 Å². The van der Waals surface area contributed by atoms with Gasteiger partial charge in [-0.05, 0) is 19.3 Å². The molecule has 0 spiro atoms. The number of nitrogens with one attached hydrogen (secondary N) is 1. The van der Waals surface area contributed by atoms with Crippen molar-refractivity contribution in [2.24, 2.45) is 0 Å². The first-order valence-corrected chi connectivity index (χ1v) is 8.14. The molecule has 1 heterocycles. The lowest BCUT2D eigenvalue weighted by Crippen LogP contribution is -2.49. The van der Waals surface area contributed by atoms with Gasteiger partial charge < -0.3 is 10.0 Å². The van der Waals surface area contributed by atoms with Crippen molar-refractivity contribution < 1.29 is 23.1 Å². The Kier molecular flexibility index (Phi) is 5.74. The fourth-order valence-corrected chi connectivity index (χ4v) is 2.95. The third kappa shape index (κ3) is 6.53. The topological polar surface area (TPSA) is 104 Å². The molecule has 1 aliphatic heterocycles. The summed E-state index contributed by atoms with van der Waals surface area (Å²) in [6, 6.07) is -0.243. The first kappa shape index (κ1) is 15.9. The van der Waals surface area contributed by atoms with Crippen LogP contribution in [0.5, 0.6) is 0 Å². The van der Waals surface area contributed by atoms with E-state index >= 15 is 0 Å². The Morgan fingerprint density at radius 2 is 2.05 bits per heavy atom. The molecule has 1 amide bonds. The predicted octanol–water partition coefficient (Wildman–Crippen LogP) is -0.218. The zero-order valence-electron chi connectivity index (χ0n) is 11.0. The molecule has 0 aromatic carbocycles. The first-order valence-electron chi connectivity index (χ1n) is 6.25. The monoisotopic (exact) mass is 292 g/mol. The minimum Gasteiger partial charge on any atom is -0.481 e. The van der Waals surface area contributed by atoms with Crippen LogP contribution in [0.25, 0.3) is 0 Å². The molecule has 0 radical (unpaired) electrons. The van der Waals surface area contributed by atoms with Gasteiger partial charge in [-0.15, -0.1) is 0 Å². The van der Waals surface area contributed by atoms with Gasteiger partial charge in [0.25, 0.3) is 0 Å². The maximum absolute atomic E-state index is 11.8. The van der Waals surface area contributed by atoms with E-state index < -0.39 is 16.0 Å². The minimum atomic E-state index is -3.27. The zero-order chi connectivity index (χ0) is 14.5. The highest BCUT2D eigenvalue weighted by molar-refractivity contribution is 7.88. The summed E-state index contributed by atoms with van der Waals surface area (Å²) in [5.41, 5.74) is 0. The molecular weight excluding hydrogens is 272 g/mol. The molecule has 1 fully saturated rings. The van der Waals surface area contributed by atoms with Crippen LogP contribution in [0, 0.1) is 0 Å². The normalized spacial score (nSPS) is 20.3. The second-order valence-corrected chi connectivity index (χ2v) is 6.60. The van der Waals surface area contributed by atoms with Crippen LogP contribution in [0.3, 0.4) is 0 Å². The number of carbonyl (C=O) groups excluding carboxylic acids is 1. The fourth-order valence-electron chi connectivity index (χ4n) is 2.15. The Bertz CT molecular complexity index is 434. The summed E-state index contributed by atoms with van der Waals surface area (Å²) >= 11 is 0. The van der Waals surface area contributed by atoms with Crippen molar-refractivity contribution >= 4 is 21.9 Å². The van der Waals surface area contributed by atoms with Gasteiger partial charge in [0.05, 0.1) is 6.26 Å². The lowest BCUT2D eigenvalue weighted by atomic mass is 10.1. The standard InChI is InChI=1S/C11H20N2O5S/c1-19(17,18)12-9-4-3-7-13(8-9)10(14)5-2-6-11(15)16/h9,12H,2-8H2,1H3,(H,15,16). The lowest BCUT2D eigenvalue weighted by Gasteiger charge is -2.32. The number of carbonyl (C=O) groups is 2. The summed E-state index contributed by atoms with van der Waals surface area (Å²) in [4.78, 5) is 23.8.